The van der Waals surface area contributed by atoms with Crippen molar-refractivity contribution in [3.8, 4) is 5.75 Å². The Hall–Kier alpha value is -0.730. The van der Waals surface area contributed by atoms with E-state index in [1.165, 1.54) is 6.07 Å². The molecule has 1 aromatic rings. The van der Waals surface area contributed by atoms with Crippen LogP contribution >= 0.6 is 15.9 Å². The van der Waals surface area contributed by atoms with Gasteiger partial charge in [-0.1, -0.05) is 0 Å². The molecular formula is C16H19BrFNO4. The maximum Gasteiger partial charge on any atom is 0.192 e. The molecule has 1 aromatic carbocycles. The number of ether oxygens (including phenoxy) is 3. The third kappa shape index (κ3) is 2.49. The van der Waals surface area contributed by atoms with Gasteiger partial charge in [-0.3, -0.25) is 4.90 Å². The predicted molar refractivity (Wildman–Crippen MR) is 83.8 cm³/mol. The number of hydrogen-bond donors (Lipinski definition) is 1. The van der Waals surface area contributed by atoms with Crippen LogP contribution in [-0.4, -0.2) is 54.7 Å². The quantitative estimate of drug-likeness (QED) is 0.800. The number of nitrogens with zero attached hydrogens (tertiary/aromatic N) is 1. The lowest BCUT2D eigenvalue weighted by Gasteiger charge is -2.54. The van der Waals surface area contributed by atoms with Crippen molar-refractivity contribution in [3.63, 3.8) is 0 Å². The molecule has 0 aliphatic carbocycles. The second-order valence-corrected chi connectivity index (χ2v) is 7.04. The van der Waals surface area contributed by atoms with Crippen LogP contribution < -0.4 is 4.74 Å². The minimum absolute atomic E-state index is 0.314. The van der Waals surface area contributed by atoms with Crippen molar-refractivity contribution < 1.29 is 23.7 Å². The van der Waals surface area contributed by atoms with Crippen LogP contribution in [0.25, 0.3) is 0 Å². The van der Waals surface area contributed by atoms with Gasteiger partial charge in [-0.05, 0) is 28.4 Å². The lowest BCUT2D eigenvalue weighted by atomic mass is 9.85. The highest BCUT2D eigenvalue weighted by Gasteiger charge is 2.55. The number of rotatable bonds is 1. The molecule has 0 aromatic heterocycles. The van der Waals surface area contributed by atoms with Gasteiger partial charge in [0.25, 0.3) is 0 Å². The highest BCUT2D eigenvalue weighted by atomic mass is 79.9. The Morgan fingerprint density at radius 1 is 1.26 bits per heavy atom. The Morgan fingerprint density at radius 2 is 2.04 bits per heavy atom. The maximum absolute atomic E-state index is 14.0. The molecule has 3 atom stereocenters. The zero-order valence-corrected chi connectivity index (χ0v) is 14.2. The van der Waals surface area contributed by atoms with Gasteiger partial charge in [0.05, 0.1) is 17.7 Å². The summed E-state index contributed by atoms with van der Waals surface area (Å²) < 4.78 is 31.9. The van der Waals surface area contributed by atoms with Crippen molar-refractivity contribution >= 4 is 15.9 Å². The fourth-order valence-electron chi connectivity index (χ4n) is 3.82. The third-order valence-corrected chi connectivity index (χ3v) is 5.52. The third-order valence-electron chi connectivity index (χ3n) is 4.91. The number of aliphatic hydroxyl groups excluding tert-OH is 1. The topological polar surface area (TPSA) is 51.2 Å². The van der Waals surface area contributed by atoms with Crippen LogP contribution in [0.1, 0.15) is 24.5 Å². The molecule has 4 rings (SSSR count). The molecule has 0 spiro atoms. The highest BCUT2D eigenvalue weighted by Crippen LogP contribution is 2.48. The molecule has 3 aliphatic heterocycles. The Bertz CT molecular complexity index is 610. The molecule has 3 unspecified atom stereocenters. The molecule has 3 aliphatic rings. The highest BCUT2D eigenvalue weighted by molar-refractivity contribution is 9.10. The summed E-state index contributed by atoms with van der Waals surface area (Å²) in [6.07, 6.45) is 0.249. The summed E-state index contributed by atoms with van der Waals surface area (Å²) in [7, 11) is 0. The van der Waals surface area contributed by atoms with Gasteiger partial charge in [0.15, 0.2) is 5.72 Å². The molecule has 23 heavy (non-hydrogen) atoms. The first kappa shape index (κ1) is 15.8. The smallest absolute Gasteiger partial charge is 0.192 e. The number of fused-ring (bicyclic) bond motifs is 2. The van der Waals surface area contributed by atoms with E-state index in [0.29, 0.717) is 48.7 Å². The molecule has 1 N–H and O–H groups in total. The Kier molecular flexibility index (Phi) is 4.09. The molecule has 5 nitrogen and oxygen atoms in total. The number of benzene rings is 1. The van der Waals surface area contributed by atoms with E-state index in [9.17, 15) is 9.50 Å². The Labute approximate surface area is 142 Å². The first-order valence-electron chi connectivity index (χ1n) is 7.92. The molecule has 0 saturated carbocycles. The summed E-state index contributed by atoms with van der Waals surface area (Å²) in [6, 6.07) is 2.92. The standard InChI is InChI=1S/C16H19BrFNO4/c17-11-8-10-13(9-12(11)18)23-16(19-3-6-21-7-4-19)2-1-5-22-15(16)14(10)20/h8-9,14-15,20H,1-7H2. The average Bonchev–Trinajstić information content (AvgIpc) is 2.58. The summed E-state index contributed by atoms with van der Waals surface area (Å²) in [5.41, 5.74) is -0.191. The van der Waals surface area contributed by atoms with E-state index in [0.717, 1.165) is 12.8 Å². The summed E-state index contributed by atoms with van der Waals surface area (Å²) in [4.78, 5) is 2.17. The largest absolute Gasteiger partial charge is 0.469 e. The van der Waals surface area contributed by atoms with Crippen molar-refractivity contribution in [3.05, 3.63) is 28.0 Å². The van der Waals surface area contributed by atoms with Gasteiger partial charge >= 0.3 is 0 Å². The Balaban J connectivity index is 1.78. The van der Waals surface area contributed by atoms with E-state index in [2.05, 4.69) is 20.8 Å². The molecule has 3 heterocycles. The van der Waals surface area contributed by atoms with Gasteiger partial charge in [0, 0.05) is 37.7 Å². The van der Waals surface area contributed by atoms with Crippen molar-refractivity contribution in [2.45, 2.75) is 30.8 Å². The number of hydrogen-bond acceptors (Lipinski definition) is 5. The van der Waals surface area contributed by atoms with Crippen LogP contribution in [0.4, 0.5) is 4.39 Å². The number of aliphatic hydroxyl groups is 1. The fraction of sp³-hybridized carbons (Fsp3) is 0.625. The molecular weight excluding hydrogens is 369 g/mol. The van der Waals surface area contributed by atoms with Crippen LogP contribution in [-0.2, 0) is 9.47 Å². The van der Waals surface area contributed by atoms with E-state index in [1.807, 2.05) is 0 Å². The van der Waals surface area contributed by atoms with Crippen molar-refractivity contribution in [2.75, 3.05) is 32.9 Å². The van der Waals surface area contributed by atoms with Crippen molar-refractivity contribution in [2.24, 2.45) is 0 Å². The van der Waals surface area contributed by atoms with E-state index in [1.54, 1.807) is 6.07 Å². The molecule has 7 heteroatoms. The van der Waals surface area contributed by atoms with Crippen molar-refractivity contribution in [1.82, 2.24) is 4.90 Å². The second kappa shape index (κ2) is 5.97. The summed E-state index contributed by atoms with van der Waals surface area (Å²) >= 11 is 3.17. The first-order chi connectivity index (χ1) is 11.1. The first-order valence-corrected chi connectivity index (χ1v) is 8.71. The van der Waals surface area contributed by atoms with Crippen LogP contribution in [0.5, 0.6) is 5.75 Å². The van der Waals surface area contributed by atoms with Gasteiger partial charge in [-0.15, -0.1) is 0 Å². The predicted octanol–water partition coefficient (Wildman–Crippen LogP) is 2.22. The van der Waals surface area contributed by atoms with Gasteiger partial charge in [0.1, 0.15) is 23.8 Å². The zero-order valence-electron chi connectivity index (χ0n) is 12.6. The monoisotopic (exact) mass is 387 g/mol. The molecule has 126 valence electrons. The lowest BCUT2D eigenvalue weighted by Crippen LogP contribution is -2.68. The lowest BCUT2D eigenvalue weighted by molar-refractivity contribution is -0.256. The SMILES string of the molecule is OC1c2cc(Br)c(F)cc2OC2(N3CCOCC3)CCCOC12. The summed E-state index contributed by atoms with van der Waals surface area (Å²) in [5, 5.41) is 10.9. The van der Waals surface area contributed by atoms with Crippen molar-refractivity contribution in [1.29, 1.82) is 0 Å². The van der Waals surface area contributed by atoms with Gasteiger partial charge < -0.3 is 19.3 Å². The summed E-state index contributed by atoms with van der Waals surface area (Å²) in [6.45, 7) is 3.25. The Morgan fingerprint density at radius 3 is 2.83 bits per heavy atom. The van der Waals surface area contributed by atoms with Crippen LogP contribution in [0, 0.1) is 5.82 Å². The van der Waals surface area contributed by atoms with Gasteiger partial charge in [-0.25, -0.2) is 4.39 Å². The average molecular weight is 388 g/mol. The molecule has 0 radical (unpaired) electrons. The van der Waals surface area contributed by atoms with Gasteiger partial charge in [0.2, 0.25) is 0 Å². The fourth-order valence-corrected chi connectivity index (χ4v) is 4.18. The maximum atomic E-state index is 14.0. The van der Waals surface area contributed by atoms with Gasteiger partial charge in [-0.2, -0.15) is 0 Å². The van der Waals surface area contributed by atoms with E-state index < -0.39 is 23.8 Å². The second-order valence-electron chi connectivity index (χ2n) is 6.19. The van der Waals surface area contributed by atoms with E-state index >= 15 is 0 Å². The van der Waals surface area contributed by atoms with Crippen LogP contribution in [0.15, 0.2) is 16.6 Å². The number of morpholine rings is 1. The van der Waals surface area contributed by atoms with E-state index in [4.69, 9.17) is 14.2 Å². The molecule has 2 saturated heterocycles. The minimum atomic E-state index is -0.848. The van der Waals surface area contributed by atoms with E-state index in [-0.39, 0.29) is 0 Å². The molecule has 0 amide bonds. The van der Waals surface area contributed by atoms with Crippen LogP contribution in [0.2, 0.25) is 0 Å². The summed E-state index contributed by atoms with van der Waals surface area (Å²) in [5.74, 6) is -0.00491. The molecule has 2 fully saturated rings. The minimum Gasteiger partial charge on any atom is -0.469 e. The molecule has 0 bridgehead atoms. The number of halogens is 2. The van der Waals surface area contributed by atoms with Crippen LogP contribution in [0.3, 0.4) is 0 Å². The normalized spacial score (nSPS) is 34.4. The zero-order chi connectivity index (χ0) is 16.0.